The maximum Gasteiger partial charge on any atom is 0.272 e. The lowest BCUT2D eigenvalue weighted by molar-refractivity contribution is 0.0779. The molecule has 1 amide bonds. The normalized spacial score (nSPS) is 10.1. The Balaban J connectivity index is 2.10. The first kappa shape index (κ1) is 12.5. The molecule has 0 aliphatic carbocycles. The Morgan fingerprint density at radius 2 is 2.00 bits per heavy atom. The van der Waals surface area contributed by atoms with E-state index in [-0.39, 0.29) is 5.91 Å². The van der Waals surface area contributed by atoms with Crippen LogP contribution in [0.3, 0.4) is 0 Å². The molecule has 0 radical (unpaired) electrons. The van der Waals surface area contributed by atoms with Crippen molar-refractivity contribution < 1.29 is 4.79 Å². The third-order valence-corrected chi connectivity index (χ3v) is 2.66. The third kappa shape index (κ3) is 3.05. The molecule has 0 unspecified atom stereocenters. The second kappa shape index (κ2) is 5.60. The first-order valence-corrected chi connectivity index (χ1v) is 5.81. The summed E-state index contributed by atoms with van der Waals surface area (Å²) in [6.45, 7) is 0.509. The summed E-state index contributed by atoms with van der Waals surface area (Å²) in [5.41, 5.74) is 1.36. The maximum atomic E-state index is 12.1. The van der Waals surface area contributed by atoms with Gasteiger partial charge in [0, 0.05) is 26.0 Å². The molecule has 92 valence electrons. The highest BCUT2D eigenvalue weighted by atomic mass is 35.5. The molecule has 0 N–H and O–H groups in total. The van der Waals surface area contributed by atoms with E-state index in [9.17, 15) is 4.79 Å². The minimum atomic E-state index is -0.158. The molecule has 0 aliphatic heterocycles. The molecule has 0 saturated heterocycles. The van der Waals surface area contributed by atoms with Crippen molar-refractivity contribution in [1.82, 2.24) is 14.9 Å². The molecule has 18 heavy (non-hydrogen) atoms. The quantitative estimate of drug-likeness (QED) is 0.797. The monoisotopic (exact) mass is 261 g/mol. The number of hydrogen-bond acceptors (Lipinski definition) is 3. The maximum absolute atomic E-state index is 12.1. The first-order chi connectivity index (χ1) is 8.66. The fraction of sp³-hybridized carbons (Fsp3) is 0.154. The van der Waals surface area contributed by atoms with E-state index in [0.29, 0.717) is 17.4 Å². The number of halogens is 1. The Morgan fingerprint density at radius 3 is 2.67 bits per heavy atom. The molecule has 2 rings (SSSR count). The zero-order chi connectivity index (χ0) is 13.0. The van der Waals surface area contributed by atoms with Gasteiger partial charge in [0.25, 0.3) is 5.91 Å². The lowest BCUT2D eigenvalue weighted by Gasteiger charge is -2.16. The van der Waals surface area contributed by atoms with Crippen LogP contribution in [-0.4, -0.2) is 27.8 Å². The van der Waals surface area contributed by atoms with Crippen LogP contribution in [0.25, 0.3) is 0 Å². The standard InChI is InChI=1S/C13H12ClN3O/c1-17(9-10-5-7-15-8-6-10)13(18)11-3-2-4-12(14)16-11/h2-8H,9H2,1H3. The minimum absolute atomic E-state index is 0.158. The van der Waals surface area contributed by atoms with Gasteiger partial charge in [-0.1, -0.05) is 17.7 Å². The van der Waals surface area contributed by atoms with Gasteiger partial charge in [0.05, 0.1) is 0 Å². The molecule has 0 spiro atoms. The van der Waals surface area contributed by atoms with Gasteiger partial charge in [-0.3, -0.25) is 9.78 Å². The molecule has 0 saturated carbocycles. The highest BCUT2D eigenvalue weighted by Crippen LogP contribution is 2.09. The van der Waals surface area contributed by atoms with Crippen LogP contribution in [-0.2, 0) is 6.54 Å². The highest BCUT2D eigenvalue weighted by molar-refractivity contribution is 6.29. The van der Waals surface area contributed by atoms with Crippen LogP contribution in [0, 0.1) is 0 Å². The van der Waals surface area contributed by atoms with E-state index >= 15 is 0 Å². The average Bonchev–Trinajstić information content (AvgIpc) is 2.39. The topological polar surface area (TPSA) is 46.1 Å². The molecule has 2 heterocycles. The van der Waals surface area contributed by atoms with Crippen molar-refractivity contribution in [2.75, 3.05) is 7.05 Å². The van der Waals surface area contributed by atoms with Crippen molar-refractivity contribution in [2.24, 2.45) is 0 Å². The number of pyridine rings is 2. The Bertz CT molecular complexity index is 545. The fourth-order valence-corrected chi connectivity index (χ4v) is 1.72. The second-order valence-electron chi connectivity index (χ2n) is 3.86. The predicted molar refractivity (Wildman–Crippen MR) is 69.3 cm³/mol. The van der Waals surface area contributed by atoms with Crippen LogP contribution in [0.4, 0.5) is 0 Å². The van der Waals surface area contributed by atoms with Crippen LogP contribution < -0.4 is 0 Å². The molecule has 0 atom stereocenters. The van der Waals surface area contributed by atoms with Gasteiger partial charge < -0.3 is 4.90 Å². The van der Waals surface area contributed by atoms with Gasteiger partial charge in [-0.05, 0) is 29.8 Å². The molecule has 0 aliphatic rings. The van der Waals surface area contributed by atoms with E-state index in [1.165, 1.54) is 0 Å². The van der Waals surface area contributed by atoms with Crippen LogP contribution in [0.15, 0.2) is 42.7 Å². The Labute approximate surface area is 110 Å². The summed E-state index contributed by atoms with van der Waals surface area (Å²) < 4.78 is 0. The van der Waals surface area contributed by atoms with E-state index < -0.39 is 0 Å². The van der Waals surface area contributed by atoms with Crippen molar-refractivity contribution in [2.45, 2.75) is 6.54 Å². The minimum Gasteiger partial charge on any atom is -0.336 e. The van der Waals surface area contributed by atoms with Crippen LogP contribution >= 0.6 is 11.6 Å². The Kier molecular flexibility index (Phi) is 3.89. The predicted octanol–water partition coefficient (Wildman–Crippen LogP) is 2.40. The number of carbonyl (C=O) groups excluding carboxylic acids is 1. The first-order valence-electron chi connectivity index (χ1n) is 5.44. The van der Waals surface area contributed by atoms with Gasteiger partial charge in [0.2, 0.25) is 0 Å². The molecule has 2 aromatic rings. The van der Waals surface area contributed by atoms with Gasteiger partial charge >= 0.3 is 0 Å². The molecule has 4 nitrogen and oxygen atoms in total. The number of rotatable bonds is 3. The largest absolute Gasteiger partial charge is 0.336 e. The molecule has 5 heteroatoms. The smallest absolute Gasteiger partial charge is 0.272 e. The summed E-state index contributed by atoms with van der Waals surface area (Å²) in [4.78, 5) is 21.6. The zero-order valence-electron chi connectivity index (χ0n) is 9.88. The molecular weight excluding hydrogens is 250 g/mol. The highest BCUT2D eigenvalue weighted by Gasteiger charge is 2.13. The SMILES string of the molecule is CN(Cc1ccncc1)C(=O)c1cccc(Cl)n1. The number of amides is 1. The molecule has 2 aromatic heterocycles. The Hall–Kier alpha value is -1.94. The van der Waals surface area contributed by atoms with Crippen molar-refractivity contribution in [3.05, 3.63) is 59.1 Å². The van der Waals surface area contributed by atoms with Gasteiger partial charge in [-0.2, -0.15) is 0 Å². The zero-order valence-corrected chi connectivity index (χ0v) is 10.6. The summed E-state index contributed by atoms with van der Waals surface area (Å²) in [5.74, 6) is -0.158. The van der Waals surface area contributed by atoms with Crippen LogP contribution in [0.5, 0.6) is 0 Å². The lowest BCUT2D eigenvalue weighted by Crippen LogP contribution is -2.27. The van der Waals surface area contributed by atoms with Crippen molar-refractivity contribution in [1.29, 1.82) is 0 Å². The number of carbonyl (C=O) groups is 1. The second-order valence-corrected chi connectivity index (χ2v) is 4.25. The number of hydrogen-bond donors (Lipinski definition) is 0. The van der Waals surface area contributed by atoms with Crippen molar-refractivity contribution in [3.8, 4) is 0 Å². The van der Waals surface area contributed by atoms with E-state index in [0.717, 1.165) is 5.56 Å². The van der Waals surface area contributed by atoms with Crippen LogP contribution in [0.1, 0.15) is 16.1 Å². The summed E-state index contributed by atoms with van der Waals surface area (Å²) in [6, 6.07) is 8.74. The van der Waals surface area contributed by atoms with Crippen molar-refractivity contribution in [3.63, 3.8) is 0 Å². The van der Waals surface area contributed by atoms with E-state index in [2.05, 4.69) is 9.97 Å². The third-order valence-electron chi connectivity index (χ3n) is 2.45. The summed E-state index contributed by atoms with van der Waals surface area (Å²) in [5, 5.41) is 0.318. The van der Waals surface area contributed by atoms with E-state index in [1.807, 2.05) is 12.1 Å². The molecule has 0 bridgehead atoms. The van der Waals surface area contributed by atoms with Gasteiger partial charge in [-0.25, -0.2) is 4.98 Å². The van der Waals surface area contributed by atoms with E-state index in [1.54, 1.807) is 42.5 Å². The number of nitrogens with zero attached hydrogens (tertiary/aromatic N) is 3. The van der Waals surface area contributed by atoms with Gasteiger partial charge in [-0.15, -0.1) is 0 Å². The molecule has 0 fully saturated rings. The lowest BCUT2D eigenvalue weighted by atomic mass is 10.2. The average molecular weight is 262 g/mol. The Morgan fingerprint density at radius 1 is 1.28 bits per heavy atom. The molecular formula is C13H12ClN3O. The summed E-state index contributed by atoms with van der Waals surface area (Å²) in [7, 11) is 1.73. The van der Waals surface area contributed by atoms with Gasteiger partial charge in [0.1, 0.15) is 10.8 Å². The fourth-order valence-electron chi connectivity index (χ4n) is 1.56. The molecule has 0 aromatic carbocycles. The summed E-state index contributed by atoms with van der Waals surface area (Å²) >= 11 is 5.76. The number of aromatic nitrogens is 2. The van der Waals surface area contributed by atoms with Crippen LogP contribution in [0.2, 0.25) is 5.15 Å². The van der Waals surface area contributed by atoms with Gasteiger partial charge in [0.15, 0.2) is 0 Å². The summed E-state index contributed by atoms with van der Waals surface area (Å²) in [6.07, 6.45) is 3.40. The van der Waals surface area contributed by atoms with E-state index in [4.69, 9.17) is 11.6 Å². The van der Waals surface area contributed by atoms with Crippen molar-refractivity contribution >= 4 is 17.5 Å².